The van der Waals surface area contributed by atoms with Crippen molar-refractivity contribution in [1.82, 2.24) is 10.2 Å². The van der Waals surface area contributed by atoms with Crippen molar-refractivity contribution in [2.45, 2.75) is 19.4 Å². The number of para-hydroxylation sites is 1. The van der Waals surface area contributed by atoms with Crippen LogP contribution in [0, 0.1) is 12.3 Å². The monoisotopic (exact) mass is 260 g/mol. The summed E-state index contributed by atoms with van der Waals surface area (Å²) >= 11 is 0. The molecule has 1 N–H and O–H groups in total. The molecule has 3 nitrogen and oxygen atoms in total. The third-order valence-corrected chi connectivity index (χ3v) is 2.81. The topological polar surface area (TPSA) is 24.5 Å². The van der Waals surface area contributed by atoms with Gasteiger partial charge in [0.05, 0.1) is 0 Å². The highest BCUT2D eigenvalue weighted by molar-refractivity contribution is 5.33. The number of nitrogens with zero attached hydrogens (tertiary/aromatic N) is 1. The summed E-state index contributed by atoms with van der Waals surface area (Å²) in [6.45, 7) is 3.31. The Kier molecular flexibility index (Phi) is 7.72. The van der Waals surface area contributed by atoms with Gasteiger partial charge in [-0.1, -0.05) is 24.1 Å². The molecule has 1 aromatic carbocycles. The minimum atomic E-state index is 0.319. The van der Waals surface area contributed by atoms with Gasteiger partial charge in [0.25, 0.3) is 0 Å². The van der Waals surface area contributed by atoms with Crippen molar-refractivity contribution in [3.05, 3.63) is 29.8 Å². The normalized spacial score (nSPS) is 10.4. The van der Waals surface area contributed by atoms with E-state index < -0.39 is 0 Å². The molecule has 0 atom stereocenters. The lowest BCUT2D eigenvalue weighted by Gasteiger charge is -2.11. The lowest BCUT2D eigenvalue weighted by atomic mass is 10.2. The van der Waals surface area contributed by atoms with Crippen molar-refractivity contribution < 1.29 is 4.74 Å². The molecular weight excluding hydrogens is 236 g/mol. The van der Waals surface area contributed by atoms with Crippen LogP contribution in [0.15, 0.2) is 24.3 Å². The van der Waals surface area contributed by atoms with Crippen molar-refractivity contribution in [2.75, 3.05) is 33.8 Å². The highest BCUT2D eigenvalue weighted by Gasteiger charge is 2.01. The molecule has 1 rings (SSSR count). The second-order valence-electron chi connectivity index (χ2n) is 4.79. The van der Waals surface area contributed by atoms with E-state index in [0.29, 0.717) is 6.61 Å². The summed E-state index contributed by atoms with van der Waals surface area (Å²) in [7, 11) is 4.21. The Morgan fingerprint density at radius 3 is 2.79 bits per heavy atom. The van der Waals surface area contributed by atoms with Crippen LogP contribution in [-0.2, 0) is 6.54 Å². The molecule has 0 radical (unpaired) electrons. The first-order chi connectivity index (χ1) is 9.24. The standard InChI is InChI=1S/C16H24N2O/c1-4-13-19-16-10-6-5-9-15(16)14-17-11-7-8-12-18(2)3/h1,5-6,9-10,17H,7-8,11-14H2,2-3H3. The third kappa shape index (κ3) is 6.85. The SMILES string of the molecule is C#CCOc1ccccc1CNCCCCN(C)C. The highest BCUT2D eigenvalue weighted by atomic mass is 16.5. The van der Waals surface area contributed by atoms with Crippen molar-refractivity contribution in [3.63, 3.8) is 0 Å². The van der Waals surface area contributed by atoms with Crippen LogP contribution in [0.1, 0.15) is 18.4 Å². The zero-order valence-electron chi connectivity index (χ0n) is 12.0. The Bertz CT molecular complexity index is 396. The smallest absolute Gasteiger partial charge is 0.148 e. The predicted octanol–water partition coefficient (Wildman–Crippen LogP) is 2.13. The van der Waals surface area contributed by atoms with Gasteiger partial charge in [0, 0.05) is 12.1 Å². The molecule has 0 aliphatic carbocycles. The van der Waals surface area contributed by atoms with E-state index in [0.717, 1.165) is 30.9 Å². The Hall–Kier alpha value is -1.50. The van der Waals surface area contributed by atoms with E-state index in [1.807, 2.05) is 18.2 Å². The van der Waals surface area contributed by atoms with Gasteiger partial charge in [-0.25, -0.2) is 0 Å². The van der Waals surface area contributed by atoms with Crippen LogP contribution in [0.25, 0.3) is 0 Å². The summed E-state index contributed by atoms with van der Waals surface area (Å²) in [5.74, 6) is 3.37. The number of benzene rings is 1. The fourth-order valence-corrected chi connectivity index (χ4v) is 1.81. The van der Waals surface area contributed by atoms with Gasteiger partial charge in [-0.15, -0.1) is 6.42 Å². The van der Waals surface area contributed by atoms with Gasteiger partial charge in [0.1, 0.15) is 12.4 Å². The Morgan fingerprint density at radius 2 is 2.05 bits per heavy atom. The van der Waals surface area contributed by atoms with Crippen LogP contribution < -0.4 is 10.1 Å². The van der Waals surface area contributed by atoms with Crippen LogP contribution in [0.3, 0.4) is 0 Å². The van der Waals surface area contributed by atoms with Crippen LogP contribution in [-0.4, -0.2) is 38.7 Å². The summed E-state index contributed by atoms with van der Waals surface area (Å²) in [6, 6.07) is 8.01. The number of hydrogen-bond donors (Lipinski definition) is 1. The first-order valence-electron chi connectivity index (χ1n) is 6.73. The molecule has 0 spiro atoms. The van der Waals surface area contributed by atoms with E-state index in [9.17, 15) is 0 Å². The molecule has 0 fully saturated rings. The molecule has 0 amide bonds. The van der Waals surface area contributed by atoms with Gasteiger partial charge < -0.3 is 15.0 Å². The number of unbranched alkanes of at least 4 members (excludes halogenated alkanes) is 1. The average Bonchev–Trinajstić information content (AvgIpc) is 2.41. The Balaban J connectivity index is 2.27. The van der Waals surface area contributed by atoms with Gasteiger partial charge >= 0.3 is 0 Å². The lowest BCUT2D eigenvalue weighted by molar-refractivity contribution is 0.364. The maximum absolute atomic E-state index is 5.51. The van der Waals surface area contributed by atoms with E-state index in [4.69, 9.17) is 11.2 Å². The third-order valence-electron chi connectivity index (χ3n) is 2.81. The van der Waals surface area contributed by atoms with Crippen molar-refractivity contribution >= 4 is 0 Å². The molecule has 0 unspecified atom stereocenters. The number of rotatable bonds is 9. The maximum atomic E-state index is 5.51. The molecule has 19 heavy (non-hydrogen) atoms. The zero-order chi connectivity index (χ0) is 13.9. The van der Waals surface area contributed by atoms with Crippen molar-refractivity contribution in [2.24, 2.45) is 0 Å². The van der Waals surface area contributed by atoms with Gasteiger partial charge in [0.15, 0.2) is 0 Å². The molecule has 0 saturated carbocycles. The highest BCUT2D eigenvalue weighted by Crippen LogP contribution is 2.17. The summed E-state index contributed by atoms with van der Waals surface area (Å²) in [5.41, 5.74) is 1.16. The van der Waals surface area contributed by atoms with E-state index in [2.05, 4.69) is 36.3 Å². The van der Waals surface area contributed by atoms with Crippen molar-refractivity contribution in [1.29, 1.82) is 0 Å². The van der Waals surface area contributed by atoms with Crippen molar-refractivity contribution in [3.8, 4) is 18.1 Å². The minimum absolute atomic E-state index is 0.319. The fraction of sp³-hybridized carbons (Fsp3) is 0.500. The van der Waals surface area contributed by atoms with Crippen LogP contribution in [0.4, 0.5) is 0 Å². The molecule has 0 heterocycles. The number of ether oxygens (including phenoxy) is 1. The minimum Gasteiger partial charge on any atom is -0.481 e. The molecule has 0 saturated heterocycles. The Labute approximate surface area is 117 Å². The van der Waals surface area contributed by atoms with Gasteiger partial charge in [-0.2, -0.15) is 0 Å². The predicted molar refractivity (Wildman–Crippen MR) is 80.3 cm³/mol. The molecule has 0 bridgehead atoms. The number of hydrogen-bond acceptors (Lipinski definition) is 3. The maximum Gasteiger partial charge on any atom is 0.148 e. The van der Waals surface area contributed by atoms with Gasteiger partial charge in [-0.05, 0) is 46.1 Å². The van der Waals surface area contributed by atoms with E-state index in [1.165, 1.54) is 12.8 Å². The fourth-order valence-electron chi connectivity index (χ4n) is 1.81. The second-order valence-corrected chi connectivity index (χ2v) is 4.79. The molecule has 0 aliphatic heterocycles. The largest absolute Gasteiger partial charge is 0.481 e. The summed E-state index contributed by atoms with van der Waals surface area (Å²) in [6.07, 6.45) is 7.61. The van der Waals surface area contributed by atoms with E-state index in [1.54, 1.807) is 0 Å². The van der Waals surface area contributed by atoms with E-state index in [-0.39, 0.29) is 0 Å². The quantitative estimate of drug-likeness (QED) is 0.544. The molecule has 0 aliphatic rings. The summed E-state index contributed by atoms with van der Waals surface area (Å²) in [4.78, 5) is 2.21. The Morgan fingerprint density at radius 1 is 1.26 bits per heavy atom. The first-order valence-corrected chi connectivity index (χ1v) is 6.73. The van der Waals surface area contributed by atoms with Gasteiger partial charge in [0.2, 0.25) is 0 Å². The molecule has 1 aromatic rings. The van der Waals surface area contributed by atoms with Gasteiger partial charge in [-0.3, -0.25) is 0 Å². The lowest BCUT2D eigenvalue weighted by Crippen LogP contribution is -2.18. The molecule has 3 heteroatoms. The summed E-state index contributed by atoms with van der Waals surface area (Å²) in [5, 5.41) is 3.44. The second kappa shape index (κ2) is 9.43. The zero-order valence-corrected chi connectivity index (χ0v) is 12.0. The molecule has 104 valence electrons. The van der Waals surface area contributed by atoms with Crippen LogP contribution in [0.2, 0.25) is 0 Å². The number of terminal acetylenes is 1. The van der Waals surface area contributed by atoms with E-state index >= 15 is 0 Å². The average molecular weight is 260 g/mol. The number of nitrogens with one attached hydrogen (secondary N) is 1. The van der Waals surface area contributed by atoms with Crippen LogP contribution in [0.5, 0.6) is 5.75 Å². The molecular formula is C16H24N2O. The van der Waals surface area contributed by atoms with Crippen LogP contribution >= 0.6 is 0 Å². The molecule has 0 aromatic heterocycles. The first kappa shape index (κ1) is 15.6. The summed E-state index contributed by atoms with van der Waals surface area (Å²) < 4.78 is 5.51.